The summed E-state index contributed by atoms with van der Waals surface area (Å²) in [4.78, 5) is 11.9. The number of carbonyl (C=O) groups excluding carboxylic acids is 1. The number of halogens is 3. The second-order valence-corrected chi connectivity index (χ2v) is 5.10. The van der Waals surface area contributed by atoms with Gasteiger partial charge in [0, 0.05) is 22.9 Å². The van der Waals surface area contributed by atoms with Gasteiger partial charge in [0.15, 0.2) is 0 Å². The summed E-state index contributed by atoms with van der Waals surface area (Å²) in [6.45, 7) is 0. The van der Waals surface area contributed by atoms with Crippen molar-refractivity contribution in [1.82, 2.24) is 0 Å². The lowest BCUT2D eigenvalue weighted by atomic mass is 10.0. The second kappa shape index (κ2) is 6.18. The molecule has 0 saturated heterocycles. The van der Waals surface area contributed by atoms with Crippen molar-refractivity contribution in [3.63, 3.8) is 0 Å². The van der Waals surface area contributed by atoms with Gasteiger partial charge in [0.1, 0.15) is 11.6 Å². The molecule has 19 heavy (non-hydrogen) atoms. The molecule has 0 heterocycles. The highest BCUT2D eigenvalue weighted by Gasteiger charge is 2.09. The smallest absolute Gasteiger partial charge is 0.141 e. The van der Waals surface area contributed by atoms with Crippen molar-refractivity contribution < 1.29 is 9.18 Å². The molecule has 2 aromatic rings. The molecular formula is C15H11Cl2FO. The molecule has 0 fully saturated rings. The van der Waals surface area contributed by atoms with Gasteiger partial charge in [-0.05, 0) is 41.5 Å². The normalized spacial score (nSPS) is 10.5. The summed E-state index contributed by atoms with van der Waals surface area (Å²) in [7, 11) is 0. The van der Waals surface area contributed by atoms with E-state index >= 15 is 0 Å². The highest BCUT2D eigenvalue weighted by molar-refractivity contribution is 6.31. The number of hydrogen-bond acceptors (Lipinski definition) is 1. The third-order valence-corrected chi connectivity index (χ3v) is 3.33. The Morgan fingerprint density at radius 3 is 2.37 bits per heavy atom. The van der Waals surface area contributed by atoms with E-state index in [1.54, 1.807) is 24.3 Å². The summed E-state index contributed by atoms with van der Waals surface area (Å²) < 4.78 is 13.1. The topological polar surface area (TPSA) is 17.1 Å². The van der Waals surface area contributed by atoms with Crippen LogP contribution >= 0.6 is 23.2 Å². The predicted molar refractivity (Wildman–Crippen MR) is 75.3 cm³/mol. The summed E-state index contributed by atoms with van der Waals surface area (Å²) in [5, 5.41) is 1.04. The van der Waals surface area contributed by atoms with Gasteiger partial charge in [-0.3, -0.25) is 4.79 Å². The van der Waals surface area contributed by atoms with Crippen LogP contribution in [0.2, 0.25) is 10.0 Å². The molecule has 0 amide bonds. The van der Waals surface area contributed by atoms with Crippen LogP contribution in [0.1, 0.15) is 11.1 Å². The zero-order chi connectivity index (χ0) is 13.8. The molecule has 0 aliphatic carbocycles. The van der Waals surface area contributed by atoms with Gasteiger partial charge in [0.2, 0.25) is 0 Å². The minimum Gasteiger partial charge on any atom is -0.299 e. The molecule has 0 aliphatic heterocycles. The summed E-state index contributed by atoms with van der Waals surface area (Å²) in [6, 6.07) is 11.1. The minimum absolute atomic E-state index is 0.0187. The largest absolute Gasteiger partial charge is 0.299 e. The van der Waals surface area contributed by atoms with E-state index in [0.717, 1.165) is 5.56 Å². The highest BCUT2D eigenvalue weighted by Crippen LogP contribution is 2.18. The quantitative estimate of drug-likeness (QED) is 0.812. The highest BCUT2D eigenvalue weighted by atomic mass is 35.5. The molecule has 0 spiro atoms. The fourth-order valence-corrected chi connectivity index (χ4v) is 2.09. The molecule has 0 atom stereocenters. The Morgan fingerprint density at radius 1 is 1.00 bits per heavy atom. The van der Waals surface area contributed by atoms with Crippen LogP contribution in [0, 0.1) is 5.82 Å². The van der Waals surface area contributed by atoms with E-state index in [1.165, 1.54) is 18.2 Å². The Labute approximate surface area is 121 Å². The standard InChI is InChI=1S/C15H11Cl2FO/c16-12-3-1-10(2-4-12)7-14(19)9-11-8-13(18)5-6-15(11)17/h1-6,8H,7,9H2. The van der Waals surface area contributed by atoms with Crippen molar-refractivity contribution in [2.24, 2.45) is 0 Å². The minimum atomic E-state index is -0.390. The van der Waals surface area contributed by atoms with Crippen molar-refractivity contribution in [1.29, 1.82) is 0 Å². The predicted octanol–water partition coefficient (Wildman–Crippen LogP) is 4.49. The van der Waals surface area contributed by atoms with Crippen LogP contribution < -0.4 is 0 Å². The zero-order valence-electron chi connectivity index (χ0n) is 10.00. The van der Waals surface area contributed by atoms with Gasteiger partial charge in [0.25, 0.3) is 0 Å². The van der Waals surface area contributed by atoms with E-state index in [9.17, 15) is 9.18 Å². The van der Waals surface area contributed by atoms with Crippen LogP contribution in [0.25, 0.3) is 0 Å². The number of benzene rings is 2. The zero-order valence-corrected chi connectivity index (χ0v) is 11.5. The molecule has 1 nitrogen and oxygen atoms in total. The van der Waals surface area contributed by atoms with Crippen LogP contribution in [0.5, 0.6) is 0 Å². The molecule has 2 aromatic carbocycles. The summed E-state index contributed by atoms with van der Waals surface area (Å²) in [5.74, 6) is -0.409. The first-order chi connectivity index (χ1) is 9.04. The molecular weight excluding hydrogens is 286 g/mol. The molecule has 98 valence electrons. The van der Waals surface area contributed by atoms with Crippen LogP contribution in [0.4, 0.5) is 4.39 Å². The molecule has 0 aromatic heterocycles. The fraction of sp³-hybridized carbons (Fsp3) is 0.133. The lowest BCUT2D eigenvalue weighted by Gasteiger charge is -2.04. The van der Waals surface area contributed by atoms with E-state index in [1.807, 2.05) is 0 Å². The Balaban J connectivity index is 2.05. The lowest BCUT2D eigenvalue weighted by molar-refractivity contribution is -0.117. The maximum absolute atomic E-state index is 13.1. The van der Waals surface area contributed by atoms with Crippen molar-refractivity contribution in [2.75, 3.05) is 0 Å². The number of ketones is 1. The number of Topliss-reactive ketones (excluding diaryl/α,β-unsaturated/α-hetero) is 1. The van der Waals surface area contributed by atoms with Gasteiger partial charge in [-0.2, -0.15) is 0 Å². The number of hydrogen-bond donors (Lipinski definition) is 0. The second-order valence-electron chi connectivity index (χ2n) is 4.25. The van der Waals surface area contributed by atoms with Crippen molar-refractivity contribution in [2.45, 2.75) is 12.8 Å². The molecule has 0 unspecified atom stereocenters. The Bertz CT molecular complexity index is 594. The van der Waals surface area contributed by atoms with E-state index in [0.29, 0.717) is 15.6 Å². The fourth-order valence-electron chi connectivity index (χ4n) is 1.78. The molecule has 4 heteroatoms. The van der Waals surface area contributed by atoms with Crippen LogP contribution in [-0.4, -0.2) is 5.78 Å². The molecule has 0 N–H and O–H groups in total. The van der Waals surface area contributed by atoms with Gasteiger partial charge in [-0.1, -0.05) is 35.3 Å². The van der Waals surface area contributed by atoms with Crippen molar-refractivity contribution in [3.05, 3.63) is 69.5 Å². The SMILES string of the molecule is O=C(Cc1ccc(Cl)cc1)Cc1cc(F)ccc1Cl. The average Bonchev–Trinajstić information content (AvgIpc) is 2.37. The maximum atomic E-state index is 13.1. The summed E-state index contributed by atoms with van der Waals surface area (Å²) in [5.41, 5.74) is 1.39. The van der Waals surface area contributed by atoms with Gasteiger partial charge in [-0.15, -0.1) is 0 Å². The molecule has 0 bridgehead atoms. The molecule has 0 aliphatic rings. The van der Waals surface area contributed by atoms with Crippen LogP contribution in [0.15, 0.2) is 42.5 Å². The first kappa shape index (κ1) is 14.0. The first-order valence-electron chi connectivity index (χ1n) is 5.74. The molecule has 0 saturated carbocycles. The maximum Gasteiger partial charge on any atom is 0.141 e. The monoisotopic (exact) mass is 296 g/mol. The molecule has 2 rings (SSSR count). The van der Waals surface area contributed by atoms with Gasteiger partial charge < -0.3 is 0 Å². The van der Waals surface area contributed by atoms with E-state index in [-0.39, 0.29) is 18.6 Å². The average molecular weight is 297 g/mol. The molecule has 0 radical (unpaired) electrons. The van der Waals surface area contributed by atoms with Gasteiger partial charge >= 0.3 is 0 Å². The Kier molecular flexibility index (Phi) is 4.56. The first-order valence-corrected chi connectivity index (χ1v) is 6.50. The number of carbonyl (C=O) groups is 1. The van der Waals surface area contributed by atoms with Crippen LogP contribution in [0.3, 0.4) is 0 Å². The van der Waals surface area contributed by atoms with Crippen LogP contribution in [-0.2, 0) is 17.6 Å². The third-order valence-electron chi connectivity index (χ3n) is 2.71. The summed E-state index contributed by atoms with van der Waals surface area (Å²) in [6.07, 6.45) is 0.406. The van der Waals surface area contributed by atoms with Gasteiger partial charge in [0.05, 0.1) is 0 Å². The van der Waals surface area contributed by atoms with E-state index < -0.39 is 5.82 Å². The Hall–Kier alpha value is -1.38. The van der Waals surface area contributed by atoms with Crippen molar-refractivity contribution in [3.8, 4) is 0 Å². The van der Waals surface area contributed by atoms with Crippen molar-refractivity contribution >= 4 is 29.0 Å². The van der Waals surface area contributed by atoms with E-state index in [2.05, 4.69) is 0 Å². The lowest BCUT2D eigenvalue weighted by Crippen LogP contribution is -2.07. The van der Waals surface area contributed by atoms with Gasteiger partial charge in [-0.25, -0.2) is 4.39 Å². The van der Waals surface area contributed by atoms with E-state index in [4.69, 9.17) is 23.2 Å². The Morgan fingerprint density at radius 2 is 1.68 bits per heavy atom. The summed E-state index contributed by atoms with van der Waals surface area (Å²) >= 11 is 11.7. The number of rotatable bonds is 4. The third kappa shape index (κ3) is 4.05.